The van der Waals surface area contributed by atoms with Crippen LogP contribution in [0.2, 0.25) is 0 Å². The summed E-state index contributed by atoms with van der Waals surface area (Å²) in [6, 6.07) is -0.0988. The SMILES string of the molecule is COC(=N)N=C(N=CC(C)C)OC. The van der Waals surface area contributed by atoms with Crippen molar-refractivity contribution in [2.24, 2.45) is 15.9 Å². The van der Waals surface area contributed by atoms with Crippen LogP contribution in [0.4, 0.5) is 0 Å². The Balaban J connectivity index is 4.33. The van der Waals surface area contributed by atoms with Crippen LogP contribution >= 0.6 is 0 Å². The Labute approximate surface area is 78.0 Å². The highest BCUT2D eigenvalue weighted by atomic mass is 16.5. The van der Waals surface area contributed by atoms with Gasteiger partial charge in [-0.25, -0.2) is 10.4 Å². The van der Waals surface area contributed by atoms with E-state index in [9.17, 15) is 0 Å². The fourth-order valence-corrected chi connectivity index (χ4v) is 0.473. The lowest BCUT2D eigenvalue weighted by molar-refractivity contribution is 0.377. The molecule has 0 saturated heterocycles. The van der Waals surface area contributed by atoms with Gasteiger partial charge in [-0.1, -0.05) is 13.8 Å². The number of nitrogens with zero attached hydrogens (tertiary/aromatic N) is 2. The summed E-state index contributed by atoms with van der Waals surface area (Å²) in [6.07, 6.45) is 1.69. The molecule has 0 fully saturated rings. The summed E-state index contributed by atoms with van der Waals surface area (Å²) in [7, 11) is 2.81. The van der Waals surface area contributed by atoms with E-state index in [1.807, 2.05) is 13.8 Å². The summed E-state index contributed by atoms with van der Waals surface area (Å²) >= 11 is 0. The van der Waals surface area contributed by atoms with Crippen LogP contribution in [0.3, 0.4) is 0 Å². The maximum absolute atomic E-state index is 7.09. The maximum atomic E-state index is 7.09. The molecule has 5 nitrogen and oxygen atoms in total. The van der Waals surface area contributed by atoms with Crippen molar-refractivity contribution in [3.05, 3.63) is 0 Å². The van der Waals surface area contributed by atoms with E-state index in [-0.39, 0.29) is 12.0 Å². The molecule has 0 saturated carbocycles. The van der Waals surface area contributed by atoms with Gasteiger partial charge in [-0.3, -0.25) is 0 Å². The normalized spacial score (nSPS) is 12.2. The third-order valence-electron chi connectivity index (χ3n) is 1.06. The van der Waals surface area contributed by atoms with Gasteiger partial charge in [0.05, 0.1) is 14.2 Å². The Morgan fingerprint density at radius 2 is 1.92 bits per heavy atom. The second-order valence-electron chi connectivity index (χ2n) is 2.63. The minimum Gasteiger partial charge on any atom is -0.467 e. The maximum Gasteiger partial charge on any atom is 0.320 e. The van der Waals surface area contributed by atoms with E-state index >= 15 is 0 Å². The van der Waals surface area contributed by atoms with Crippen LogP contribution in [-0.4, -0.2) is 32.5 Å². The molecule has 0 unspecified atom stereocenters. The first-order valence-corrected chi connectivity index (χ1v) is 3.89. The molecule has 0 heterocycles. The van der Waals surface area contributed by atoms with Crippen molar-refractivity contribution in [1.29, 1.82) is 5.41 Å². The summed E-state index contributed by atoms with van der Waals surface area (Å²) in [5, 5.41) is 7.09. The van der Waals surface area contributed by atoms with Crippen LogP contribution in [0.15, 0.2) is 9.98 Å². The first-order valence-electron chi connectivity index (χ1n) is 3.89. The van der Waals surface area contributed by atoms with E-state index in [0.29, 0.717) is 5.92 Å². The van der Waals surface area contributed by atoms with Gasteiger partial charge in [-0.15, -0.1) is 4.99 Å². The van der Waals surface area contributed by atoms with Crippen molar-refractivity contribution < 1.29 is 9.47 Å². The largest absolute Gasteiger partial charge is 0.467 e. The third-order valence-corrected chi connectivity index (χ3v) is 1.06. The summed E-state index contributed by atoms with van der Waals surface area (Å²) in [4.78, 5) is 7.55. The number of hydrogen-bond donors (Lipinski definition) is 1. The Hall–Kier alpha value is -1.39. The number of methoxy groups -OCH3 is 2. The molecule has 0 rings (SSSR count). The fraction of sp³-hybridized carbons (Fsp3) is 0.625. The molecule has 0 aliphatic rings. The molecule has 0 bridgehead atoms. The van der Waals surface area contributed by atoms with Gasteiger partial charge >= 0.3 is 12.0 Å². The number of rotatable bonds is 1. The quantitative estimate of drug-likeness (QED) is 0.494. The molecule has 0 aromatic rings. The van der Waals surface area contributed by atoms with Crippen molar-refractivity contribution in [2.75, 3.05) is 14.2 Å². The highest BCUT2D eigenvalue weighted by Gasteiger charge is 1.97. The first-order chi connectivity index (χ1) is 6.10. The lowest BCUT2D eigenvalue weighted by Crippen LogP contribution is -2.05. The molecule has 0 spiro atoms. The Morgan fingerprint density at radius 1 is 1.31 bits per heavy atom. The standard InChI is InChI=1S/C8H15N3O2/c1-6(2)5-10-8(13-4)11-7(9)12-3/h5-6,9H,1-4H3. The fourth-order valence-electron chi connectivity index (χ4n) is 0.473. The zero-order valence-electron chi connectivity index (χ0n) is 8.37. The van der Waals surface area contributed by atoms with Crippen molar-refractivity contribution in [2.45, 2.75) is 13.8 Å². The molecule has 0 amide bonds. The predicted molar refractivity (Wildman–Crippen MR) is 52.5 cm³/mol. The van der Waals surface area contributed by atoms with Crippen LogP contribution in [-0.2, 0) is 9.47 Å². The summed E-state index contributed by atoms with van der Waals surface area (Å²) in [5.41, 5.74) is 0. The van der Waals surface area contributed by atoms with Gasteiger partial charge in [-0.05, 0) is 5.92 Å². The average molecular weight is 185 g/mol. The smallest absolute Gasteiger partial charge is 0.320 e. The van der Waals surface area contributed by atoms with Gasteiger partial charge in [0.2, 0.25) is 0 Å². The molecule has 0 aliphatic heterocycles. The number of nitrogens with one attached hydrogen (secondary N) is 1. The molecular weight excluding hydrogens is 170 g/mol. The van der Waals surface area contributed by atoms with E-state index in [4.69, 9.17) is 10.1 Å². The van der Waals surface area contributed by atoms with Crippen molar-refractivity contribution in [3.63, 3.8) is 0 Å². The average Bonchev–Trinajstić information content (AvgIpc) is 2.11. The van der Waals surface area contributed by atoms with Gasteiger partial charge in [-0.2, -0.15) is 0 Å². The van der Waals surface area contributed by atoms with Gasteiger partial charge in [0, 0.05) is 6.21 Å². The molecule has 0 atom stereocenters. The minimum atomic E-state index is -0.224. The molecule has 1 N–H and O–H groups in total. The van der Waals surface area contributed by atoms with E-state index in [0.717, 1.165) is 0 Å². The van der Waals surface area contributed by atoms with Crippen LogP contribution < -0.4 is 0 Å². The number of amidine groups is 2. The summed E-state index contributed by atoms with van der Waals surface area (Å²) in [5.74, 6) is 0.317. The molecule has 0 aliphatic carbocycles. The van der Waals surface area contributed by atoms with Crippen LogP contribution in [0, 0.1) is 11.3 Å². The number of ether oxygens (including phenoxy) is 2. The topological polar surface area (TPSA) is 67.0 Å². The van der Waals surface area contributed by atoms with Gasteiger partial charge in [0.1, 0.15) is 0 Å². The zero-order valence-corrected chi connectivity index (χ0v) is 8.37. The highest BCUT2D eigenvalue weighted by Crippen LogP contribution is 1.90. The number of hydrogen-bond acceptors (Lipinski definition) is 3. The first kappa shape index (κ1) is 11.6. The summed E-state index contributed by atoms with van der Waals surface area (Å²) in [6.45, 7) is 3.97. The minimum absolute atomic E-state index is 0.126. The summed E-state index contributed by atoms with van der Waals surface area (Å²) < 4.78 is 9.34. The van der Waals surface area contributed by atoms with Gasteiger partial charge in [0.15, 0.2) is 0 Å². The Morgan fingerprint density at radius 3 is 2.31 bits per heavy atom. The predicted octanol–water partition coefficient (Wildman–Crippen LogP) is 1.30. The third kappa shape index (κ3) is 5.84. The lowest BCUT2D eigenvalue weighted by Gasteiger charge is -1.99. The van der Waals surface area contributed by atoms with E-state index in [1.54, 1.807) is 6.21 Å². The second kappa shape index (κ2) is 6.16. The molecule has 74 valence electrons. The lowest BCUT2D eigenvalue weighted by atomic mass is 10.3. The molecule has 13 heavy (non-hydrogen) atoms. The van der Waals surface area contributed by atoms with Crippen molar-refractivity contribution in [3.8, 4) is 0 Å². The van der Waals surface area contributed by atoms with E-state index < -0.39 is 0 Å². The van der Waals surface area contributed by atoms with E-state index in [2.05, 4.69) is 14.7 Å². The van der Waals surface area contributed by atoms with Crippen molar-refractivity contribution >= 4 is 18.3 Å². The number of aliphatic imine (C=N–C) groups is 2. The van der Waals surface area contributed by atoms with E-state index in [1.165, 1.54) is 14.2 Å². The molecular formula is C8H15N3O2. The van der Waals surface area contributed by atoms with Gasteiger partial charge in [0.25, 0.3) is 0 Å². The van der Waals surface area contributed by atoms with Gasteiger partial charge < -0.3 is 9.47 Å². The highest BCUT2D eigenvalue weighted by molar-refractivity contribution is 5.91. The van der Waals surface area contributed by atoms with Crippen LogP contribution in [0.5, 0.6) is 0 Å². The molecule has 0 aromatic carbocycles. The monoisotopic (exact) mass is 185 g/mol. The Kier molecular flexibility index (Phi) is 5.50. The molecule has 5 heteroatoms. The molecule has 0 radical (unpaired) electrons. The van der Waals surface area contributed by atoms with Crippen LogP contribution in [0.1, 0.15) is 13.8 Å². The zero-order chi connectivity index (χ0) is 10.3. The Bertz CT molecular complexity index is 221. The molecule has 0 aromatic heterocycles. The second-order valence-corrected chi connectivity index (χ2v) is 2.63. The van der Waals surface area contributed by atoms with Crippen molar-refractivity contribution in [1.82, 2.24) is 0 Å². The van der Waals surface area contributed by atoms with Crippen LogP contribution in [0.25, 0.3) is 0 Å².